The first-order valence-electron chi connectivity index (χ1n) is 5.48. The third-order valence-electron chi connectivity index (χ3n) is 3.11. The summed E-state index contributed by atoms with van der Waals surface area (Å²) >= 11 is 9.42. The van der Waals surface area contributed by atoms with Crippen molar-refractivity contribution in [3.8, 4) is 5.69 Å². The van der Waals surface area contributed by atoms with Crippen molar-refractivity contribution in [3.05, 3.63) is 39.0 Å². The van der Waals surface area contributed by atoms with Gasteiger partial charge in [-0.2, -0.15) is 5.10 Å². The molecule has 0 spiro atoms. The summed E-state index contributed by atoms with van der Waals surface area (Å²) in [6.45, 7) is 0. The maximum absolute atomic E-state index is 5.99. The molecule has 3 nitrogen and oxygen atoms in total. The molecule has 0 radical (unpaired) electrons. The van der Waals surface area contributed by atoms with Crippen LogP contribution in [0.4, 0.5) is 5.82 Å². The highest BCUT2D eigenvalue weighted by Gasteiger charge is 2.21. The molecule has 5 heteroatoms. The highest BCUT2D eigenvalue weighted by atomic mass is 79.9. The molecular formula is C12H11BrClN3. The van der Waals surface area contributed by atoms with Crippen LogP contribution in [0.3, 0.4) is 0 Å². The predicted octanol–water partition coefficient (Wildman–Crippen LogP) is 3.36. The quantitative estimate of drug-likeness (QED) is 0.877. The van der Waals surface area contributed by atoms with Gasteiger partial charge < -0.3 is 5.73 Å². The van der Waals surface area contributed by atoms with Crippen LogP contribution in [0.1, 0.15) is 17.7 Å². The Bertz CT molecular complexity index is 592. The van der Waals surface area contributed by atoms with Crippen LogP contribution >= 0.6 is 27.5 Å². The Hall–Kier alpha value is -1.000. The Labute approximate surface area is 113 Å². The highest BCUT2D eigenvalue weighted by Crippen LogP contribution is 2.31. The van der Waals surface area contributed by atoms with E-state index in [1.165, 1.54) is 11.3 Å². The van der Waals surface area contributed by atoms with Crippen LogP contribution in [-0.4, -0.2) is 9.78 Å². The zero-order valence-electron chi connectivity index (χ0n) is 9.08. The summed E-state index contributed by atoms with van der Waals surface area (Å²) in [7, 11) is 0. The Kier molecular flexibility index (Phi) is 2.64. The van der Waals surface area contributed by atoms with Crippen molar-refractivity contribution < 1.29 is 0 Å². The normalized spacial score (nSPS) is 14.0. The number of nitrogens with zero attached hydrogens (tertiary/aromatic N) is 2. The summed E-state index contributed by atoms with van der Waals surface area (Å²) in [6, 6.07) is 5.78. The number of anilines is 1. The zero-order valence-corrected chi connectivity index (χ0v) is 11.4. The molecule has 1 aliphatic rings. The maximum atomic E-state index is 5.99. The van der Waals surface area contributed by atoms with Crippen molar-refractivity contribution in [2.45, 2.75) is 19.3 Å². The molecule has 1 aliphatic carbocycles. The third kappa shape index (κ3) is 1.76. The SMILES string of the molecule is Nc1nn(-c2ccc(Cl)c(Br)c2)c2c1CCC2. The average molecular weight is 313 g/mol. The van der Waals surface area contributed by atoms with E-state index < -0.39 is 0 Å². The number of halogens is 2. The number of hydrogen-bond acceptors (Lipinski definition) is 2. The first-order chi connectivity index (χ1) is 8.16. The molecule has 2 aromatic rings. The van der Waals surface area contributed by atoms with Crippen LogP contribution in [0.15, 0.2) is 22.7 Å². The fourth-order valence-corrected chi connectivity index (χ4v) is 2.78. The predicted molar refractivity (Wildman–Crippen MR) is 72.7 cm³/mol. The van der Waals surface area contributed by atoms with E-state index in [4.69, 9.17) is 17.3 Å². The van der Waals surface area contributed by atoms with Gasteiger partial charge in [0.25, 0.3) is 0 Å². The molecule has 0 atom stereocenters. The van der Waals surface area contributed by atoms with Gasteiger partial charge in [-0.25, -0.2) is 4.68 Å². The Morgan fingerprint density at radius 3 is 2.94 bits per heavy atom. The number of benzene rings is 1. The Morgan fingerprint density at radius 1 is 1.35 bits per heavy atom. The number of rotatable bonds is 1. The lowest BCUT2D eigenvalue weighted by Gasteiger charge is -2.06. The maximum Gasteiger partial charge on any atom is 0.149 e. The molecule has 0 saturated carbocycles. The number of nitrogen functional groups attached to an aromatic ring is 1. The summed E-state index contributed by atoms with van der Waals surface area (Å²) < 4.78 is 2.80. The first kappa shape index (κ1) is 11.1. The molecule has 2 N–H and O–H groups in total. The van der Waals surface area contributed by atoms with Crippen LogP contribution in [-0.2, 0) is 12.8 Å². The standard InChI is InChI=1S/C12H11BrClN3/c13-9-6-7(4-5-10(9)14)17-11-3-1-2-8(11)12(15)16-17/h4-6H,1-3H2,(H2,15,16). The van der Waals surface area contributed by atoms with E-state index in [0.29, 0.717) is 10.8 Å². The molecule has 17 heavy (non-hydrogen) atoms. The minimum atomic E-state index is 0.656. The lowest BCUT2D eigenvalue weighted by atomic mass is 10.2. The summed E-state index contributed by atoms with van der Waals surface area (Å²) in [5.74, 6) is 0.656. The fraction of sp³-hybridized carbons (Fsp3) is 0.250. The van der Waals surface area contributed by atoms with Gasteiger partial charge >= 0.3 is 0 Å². The van der Waals surface area contributed by atoms with Crippen LogP contribution in [0, 0.1) is 0 Å². The van der Waals surface area contributed by atoms with Crippen LogP contribution < -0.4 is 5.73 Å². The van der Waals surface area contributed by atoms with Crippen LogP contribution in [0.5, 0.6) is 0 Å². The molecule has 3 rings (SSSR count). The molecule has 88 valence electrons. The molecular weight excluding hydrogens is 302 g/mol. The minimum Gasteiger partial charge on any atom is -0.382 e. The summed E-state index contributed by atoms with van der Waals surface area (Å²) in [5.41, 5.74) is 9.36. The number of nitrogens with two attached hydrogens (primary N) is 1. The summed E-state index contributed by atoms with van der Waals surface area (Å²) in [4.78, 5) is 0. The highest BCUT2D eigenvalue weighted by molar-refractivity contribution is 9.10. The van der Waals surface area contributed by atoms with E-state index in [1.807, 2.05) is 22.9 Å². The molecule has 1 aromatic heterocycles. The van der Waals surface area contributed by atoms with Gasteiger partial charge in [0.2, 0.25) is 0 Å². The summed E-state index contributed by atoms with van der Waals surface area (Å²) in [5, 5.41) is 5.10. The van der Waals surface area contributed by atoms with Gasteiger partial charge in [-0.1, -0.05) is 11.6 Å². The van der Waals surface area contributed by atoms with E-state index in [1.54, 1.807) is 0 Å². The van der Waals surface area contributed by atoms with Crippen LogP contribution in [0.2, 0.25) is 5.02 Å². The largest absolute Gasteiger partial charge is 0.382 e. The lowest BCUT2D eigenvalue weighted by Crippen LogP contribution is -2.01. The summed E-state index contributed by atoms with van der Waals surface area (Å²) in [6.07, 6.45) is 3.24. The van der Waals surface area contributed by atoms with Crippen molar-refractivity contribution in [1.82, 2.24) is 9.78 Å². The molecule has 1 heterocycles. The second-order valence-corrected chi connectivity index (χ2v) is 5.44. The second-order valence-electron chi connectivity index (χ2n) is 4.17. The Balaban J connectivity index is 2.15. The van der Waals surface area contributed by atoms with Crippen molar-refractivity contribution >= 4 is 33.3 Å². The van der Waals surface area contributed by atoms with Gasteiger partial charge in [-0.15, -0.1) is 0 Å². The zero-order chi connectivity index (χ0) is 12.0. The van der Waals surface area contributed by atoms with Crippen molar-refractivity contribution in [2.24, 2.45) is 0 Å². The number of aromatic nitrogens is 2. The molecule has 0 unspecified atom stereocenters. The first-order valence-corrected chi connectivity index (χ1v) is 6.65. The van der Waals surface area contributed by atoms with Gasteiger partial charge in [-0.05, 0) is 53.4 Å². The van der Waals surface area contributed by atoms with E-state index in [9.17, 15) is 0 Å². The molecule has 0 aliphatic heterocycles. The molecule has 0 amide bonds. The van der Waals surface area contributed by atoms with Gasteiger partial charge in [0, 0.05) is 15.7 Å². The van der Waals surface area contributed by atoms with Gasteiger partial charge in [0.15, 0.2) is 0 Å². The lowest BCUT2D eigenvalue weighted by molar-refractivity contribution is 0.788. The monoisotopic (exact) mass is 311 g/mol. The minimum absolute atomic E-state index is 0.656. The fourth-order valence-electron chi connectivity index (χ4n) is 2.30. The molecule has 0 saturated heterocycles. The number of fused-ring (bicyclic) bond motifs is 1. The smallest absolute Gasteiger partial charge is 0.149 e. The third-order valence-corrected chi connectivity index (χ3v) is 4.32. The average Bonchev–Trinajstić information content (AvgIpc) is 2.87. The topological polar surface area (TPSA) is 43.8 Å². The number of hydrogen-bond donors (Lipinski definition) is 1. The van der Waals surface area contributed by atoms with Gasteiger partial charge in [0.1, 0.15) is 5.82 Å². The molecule has 0 fully saturated rings. The van der Waals surface area contributed by atoms with Crippen LogP contribution in [0.25, 0.3) is 5.69 Å². The molecule has 0 bridgehead atoms. The van der Waals surface area contributed by atoms with E-state index in [0.717, 1.165) is 29.4 Å². The van der Waals surface area contributed by atoms with Gasteiger partial charge in [0.05, 0.1) is 10.7 Å². The van der Waals surface area contributed by atoms with E-state index in [-0.39, 0.29) is 0 Å². The Morgan fingerprint density at radius 2 is 2.18 bits per heavy atom. The van der Waals surface area contributed by atoms with E-state index >= 15 is 0 Å². The second kappa shape index (κ2) is 4.03. The van der Waals surface area contributed by atoms with Crippen molar-refractivity contribution in [1.29, 1.82) is 0 Å². The van der Waals surface area contributed by atoms with E-state index in [2.05, 4.69) is 21.0 Å². The van der Waals surface area contributed by atoms with Gasteiger partial charge in [-0.3, -0.25) is 0 Å². The molecule has 1 aromatic carbocycles. The van der Waals surface area contributed by atoms with Crippen molar-refractivity contribution in [3.63, 3.8) is 0 Å². The van der Waals surface area contributed by atoms with Crippen molar-refractivity contribution in [2.75, 3.05) is 5.73 Å².